The van der Waals surface area contributed by atoms with Crippen LogP contribution >= 0.6 is 0 Å². The zero-order chi connectivity index (χ0) is 10.1. The number of alkyl halides is 1. The molecule has 0 aromatic carbocycles. The highest BCUT2D eigenvalue weighted by Crippen LogP contribution is 2.32. The van der Waals surface area contributed by atoms with Crippen LogP contribution in [0.4, 0.5) is 4.39 Å². The van der Waals surface area contributed by atoms with Crippen LogP contribution in [0, 0.1) is 5.92 Å². The third kappa shape index (κ3) is 3.02. The van der Waals surface area contributed by atoms with Crippen molar-refractivity contribution < 1.29 is 8.60 Å². The minimum Gasteiger partial charge on any atom is -0.274 e. The molecule has 80 valence electrons. The average molecular weight is 209 g/mol. The van der Waals surface area contributed by atoms with Gasteiger partial charge in [-0.3, -0.25) is 9.35 Å². The van der Waals surface area contributed by atoms with Crippen molar-refractivity contribution in [3.05, 3.63) is 0 Å². The lowest BCUT2D eigenvalue weighted by Gasteiger charge is -2.34. The van der Waals surface area contributed by atoms with Crippen LogP contribution in [0.3, 0.4) is 0 Å². The van der Waals surface area contributed by atoms with Gasteiger partial charge in [0.1, 0.15) is 6.17 Å². The van der Waals surface area contributed by atoms with E-state index in [0.29, 0.717) is 6.42 Å². The molecule has 4 heteroatoms. The van der Waals surface area contributed by atoms with E-state index in [1.807, 2.05) is 0 Å². The Morgan fingerprint density at radius 1 is 1.54 bits per heavy atom. The van der Waals surface area contributed by atoms with Gasteiger partial charge in [-0.15, -0.1) is 0 Å². The van der Waals surface area contributed by atoms with Crippen LogP contribution in [0.1, 0.15) is 32.6 Å². The summed E-state index contributed by atoms with van der Waals surface area (Å²) in [7, 11) is -2.48. The molecule has 0 aromatic heterocycles. The van der Waals surface area contributed by atoms with Crippen molar-refractivity contribution in [3.63, 3.8) is 0 Å². The monoisotopic (exact) mass is 209 g/mol. The molecule has 1 saturated carbocycles. The smallest absolute Gasteiger partial charge is 0.100 e. The summed E-state index contributed by atoms with van der Waals surface area (Å²) in [6.07, 6.45) is 4.35. The van der Waals surface area contributed by atoms with Crippen LogP contribution in [-0.2, 0) is 10.1 Å². The Kier molecular flexibility index (Phi) is 3.46. The summed E-state index contributed by atoms with van der Waals surface area (Å²) in [6, 6.07) is 0. The van der Waals surface area contributed by atoms with Crippen molar-refractivity contribution in [2.24, 2.45) is 11.1 Å². The maximum Gasteiger partial charge on any atom is 0.100 e. The Labute approximate surface area is 80.6 Å². The molecule has 0 heterocycles. The Balaban J connectivity index is 2.57. The van der Waals surface area contributed by atoms with Crippen LogP contribution in [0.5, 0.6) is 0 Å². The maximum absolute atomic E-state index is 13.0. The summed E-state index contributed by atoms with van der Waals surface area (Å²) in [5.74, 6) is 0.0792. The Hall–Kier alpha value is 0.0400. The quantitative estimate of drug-likeness (QED) is 0.664. The summed E-state index contributed by atoms with van der Waals surface area (Å²) in [6.45, 7) is 1.59. The van der Waals surface area contributed by atoms with E-state index >= 15 is 0 Å². The molecule has 1 aliphatic rings. The molecule has 1 rings (SSSR count). The number of nitrogens with two attached hydrogens (primary N) is 1. The second-order valence-corrected chi connectivity index (χ2v) is 7.16. The molecule has 0 bridgehead atoms. The van der Waals surface area contributed by atoms with Crippen molar-refractivity contribution in [3.8, 4) is 0 Å². The Morgan fingerprint density at radius 3 is 2.62 bits per heavy atom. The van der Waals surface area contributed by atoms with E-state index in [1.54, 1.807) is 13.2 Å². The number of halogens is 1. The third-order valence-corrected chi connectivity index (χ3v) is 4.98. The van der Waals surface area contributed by atoms with Gasteiger partial charge in [0, 0.05) is 11.5 Å². The number of hydrogen-bond donors (Lipinski definition) is 2. The van der Waals surface area contributed by atoms with Gasteiger partial charge in [-0.05, 0) is 32.1 Å². The molecule has 1 fully saturated rings. The van der Waals surface area contributed by atoms with Crippen molar-refractivity contribution in [1.29, 1.82) is 0 Å². The summed E-state index contributed by atoms with van der Waals surface area (Å²) >= 11 is 0. The van der Waals surface area contributed by atoms with E-state index in [0.717, 1.165) is 19.3 Å². The SMILES string of the molecule is CC(F)[C@@H]1CCCC([SH](C)(N)=O)C1. The Bertz CT molecular complexity index is 214. The normalized spacial score (nSPS) is 34.2. The number of thiol groups is 1. The number of hydrogen-bond acceptors (Lipinski definition) is 1. The fraction of sp³-hybridized carbons (Fsp3) is 1.00. The minimum atomic E-state index is -2.48. The summed E-state index contributed by atoms with van der Waals surface area (Å²) < 4.78 is 24.6. The van der Waals surface area contributed by atoms with Gasteiger partial charge in [-0.2, -0.15) is 0 Å². The molecule has 2 nitrogen and oxygen atoms in total. The molecule has 0 aliphatic heterocycles. The molecule has 0 saturated heterocycles. The lowest BCUT2D eigenvalue weighted by Crippen LogP contribution is -2.39. The Morgan fingerprint density at radius 2 is 2.15 bits per heavy atom. The fourth-order valence-electron chi connectivity index (χ4n) is 2.08. The first kappa shape index (κ1) is 11.1. The van der Waals surface area contributed by atoms with Crippen LogP contribution in [0.25, 0.3) is 0 Å². The summed E-state index contributed by atoms with van der Waals surface area (Å²) in [4.78, 5) is 0. The van der Waals surface area contributed by atoms with Gasteiger partial charge in [0.25, 0.3) is 0 Å². The largest absolute Gasteiger partial charge is 0.274 e. The molecule has 2 unspecified atom stereocenters. The van der Waals surface area contributed by atoms with Crippen molar-refractivity contribution >= 4 is 10.1 Å². The predicted octanol–water partition coefficient (Wildman–Crippen LogP) is 1.42. The molecule has 0 radical (unpaired) electrons. The standard InChI is InChI=1S/C9H20FNOS/c1-7(10)8-4-3-5-9(6-8)13(2,11)12/h7-9,13H,3-6H2,1-2H3,(H2,11,12)/t7?,8-,9?/m1/s1. The van der Waals surface area contributed by atoms with Crippen molar-refractivity contribution in [1.82, 2.24) is 0 Å². The third-order valence-electron chi connectivity index (χ3n) is 3.06. The average Bonchev–Trinajstić information content (AvgIpc) is 2.03. The van der Waals surface area contributed by atoms with Gasteiger partial charge in [0.05, 0.1) is 0 Å². The maximum atomic E-state index is 13.0. The topological polar surface area (TPSA) is 43.1 Å². The first-order chi connectivity index (χ1) is 5.91. The van der Waals surface area contributed by atoms with Gasteiger partial charge in [-0.25, -0.2) is 4.39 Å². The highest BCUT2D eigenvalue weighted by molar-refractivity contribution is 8.00. The molecule has 1 aliphatic carbocycles. The van der Waals surface area contributed by atoms with Gasteiger partial charge in [0.15, 0.2) is 0 Å². The lowest BCUT2D eigenvalue weighted by atomic mass is 9.86. The summed E-state index contributed by atoms with van der Waals surface area (Å²) in [5, 5.41) is 5.67. The molecule has 0 aromatic rings. The van der Waals surface area contributed by atoms with E-state index in [2.05, 4.69) is 0 Å². The molecule has 13 heavy (non-hydrogen) atoms. The zero-order valence-corrected chi connectivity index (χ0v) is 9.27. The van der Waals surface area contributed by atoms with Crippen LogP contribution in [-0.4, -0.2) is 21.9 Å². The van der Waals surface area contributed by atoms with Crippen LogP contribution in [0.2, 0.25) is 0 Å². The minimum absolute atomic E-state index is 0.0597. The van der Waals surface area contributed by atoms with Gasteiger partial charge < -0.3 is 0 Å². The molecule has 2 N–H and O–H groups in total. The number of rotatable bonds is 2. The van der Waals surface area contributed by atoms with E-state index in [9.17, 15) is 8.60 Å². The highest BCUT2D eigenvalue weighted by Gasteiger charge is 2.30. The molecular formula is C9H20FNOS. The molecule has 0 amide bonds. The van der Waals surface area contributed by atoms with Crippen molar-refractivity contribution in [2.75, 3.05) is 6.26 Å². The van der Waals surface area contributed by atoms with E-state index in [-0.39, 0.29) is 11.2 Å². The van der Waals surface area contributed by atoms with E-state index in [1.165, 1.54) is 0 Å². The van der Waals surface area contributed by atoms with E-state index < -0.39 is 16.3 Å². The molecule has 0 spiro atoms. The van der Waals surface area contributed by atoms with Crippen LogP contribution < -0.4 is 5.14 Å². The second kappa shape index (κ2) is 4.05. The predicted molar refractivity (Wildman–Crippen MR) is 56.0 cm³/mol. The fourth-order valence-corrected chi connectivity index (χ4v) is 3.47. The first-order valence-electron chi connectivity index (χ1n) is 4.91. The van der Waals surface area contributed by atoms with Crippen molar-refractivity contribution in [2.45, 2.75) is 44.0 Å². The molecule has 3 atom stereocenters. The second-order valence-electron chi connectivity index (χ2n) is 4.32. The van der Waals surface area contributed by atoms with Crippen LogP contribution in [0.15, 0.2) is 0 Å². The van der Waals surface area contributed by atoms with Gasteiger partial charge in [0.2, 0.25) is 0 Å². The molecular weight excluding hydrogens is 189 g/mol. The highest BCUT2D eigenvalue weighted by atomic mass is 32.3. The lowest BCUT2D eigenvalue weighted by molar-refractivity contribution is 0.199. The zero-order valence-electron chi connectivity index (χ0n) is 8.37. The van der Waals surface area contributed by atoms with E-state index in [4.69, 9.17) is 5.14 Å². The van der Waals surface area contributed by atoms with Gasteiger partial charge >= 0.3 is 0 Å². The first-order valence-corrected chi connectivity index (χ1v) is 7.20. The summed E-state index contributed by atoms with van der Waals surface area (Å²) in [5.41, 5.74) is 0. The van der Waals surface area contributed by atoms with Gasteiger partial charge in [-0.1, -0.05) is 16.5 Å².